The zero-order valence-corrected chi connectivity index (χ0v) is 19.8. The first-order chi connectivity index (χ1) is 15.2. The molecular weight excluding hydrogens is 408 g/mol. The molecule has 0 aromatic rings. The Balaban J connectivity index is 1.66. The maximum Gasteiger partial charge on any atom is 0.338 e. The lowest BCUT2D eigenvalue weighted by Crippen LogP contribution is -2.12. The second-order valence-electron chi connectivity index (χ2n) is 8.67. The predicted molar refractivity (Wildman–Crippen MR) is 124 cm³/mol. The fraction of sp³-hybridized carbons (Fsp3) is 0.538. The Morgan fingerprint density at radius 1 is 1.22 bits per heavy atom. The molecule has 0 radical (unpaired) electrons. The van der Waals surface area contributed by atoms with Gasteiger partial charge in [0.25, 0.3) is 0 Å². The van der Waals surface area contributed by atoms with Crippen LogP contribution in [0.4, 0.5) is 0 Å². The molecule has 0 saturated carbocycles. The van der Waals surface area contributed by atoms with Crippen LogP contribution in [0.5, 0.6) is 0 Å². The van der Waals surface area contributed by atoms with E-state index in [1.165, 1.54) is 12.7 Å². The van der Waals surface area contributed by atoms with E-state index in [1.54, 1.807) is 13.0 Å². The van der Waals surface area contributed by atoms with Crippen LogP contribution in [0.3, 0.4) is 0 Å². The van der Waals surface area contributed by atoms with Crippen LogP contribution in [-0.2, 0) is 23.8 Å². The topological polar surface area (TPSA) is 82.1 Å². The summed E-state index contributed by atoms with van der Waals surface area (Å²) in [4.78, 5) is 23.2. The number of methoxy groups -OCH3 is 1. The fourth-order valence-electron chi connectivity index (χ4n) is 3.62. The van der Waals surface area contributed by atoms with Gasteiger partial charge in [-0.2, -0.15) is 0 Å². The Morgan fingerprint density at radius 2 is 1.97 bits per heavy atom. The summed E-state index contributed by atoms with van der Waals surface area (Å²) in [6.45, 7) is 7.87. The van der Waals surface area contributed by atoms with Crippen molar-refractivity contribution < 1.29 is 28.9 Å². The van der Waals surface area contributed by atoms with Gasteiger partial charge in [-0.25, -0.2) is 9.59 Å². The van der Waals surface area contributed by atoms with Crippen LogP contribution in [0.1, 0.15) is 66.2 Å². The van der Waals surface area contributed by atoms with Crippen LogP contribution in [0.15, 0.2) is 58.4 Å². The first-order valence-electron chi connectivity index (χ1n) is 11.3. The van der Waals surface area contributed by atoms with Gasteiger partial charge in [0.1, 0.15) is 5.76 Å². The van der Waals surface area contributed by atoms with Gasteiger partial charge in [0.15, 0.2) is 6.10 Å². The van der Waals surface area contributed by atoms with Gasteiger partial charge in [-0.1, -0.05) is 42.4 Å². The summed E-state index contributed by atoms with van der Waals surface area (Å²) in [5.74, 6) is -0.211. The monoisotopic (exact) mass is 444 g/mol. The van der Waals surface area contributed by atoms with Crippen molar-refractivity contribution in [2.24, 2.45) is 5.92 Å². The summed E-state index contributed by atoms with van der Waals surface area (Å²) in [5.41, 5.74) is 3.38. The molecule has 0 spiro atoms. The van der Waals surface area contributed by atoms with Gasteiger partial charge in [-0.15, -0.1) is 0 Å². The fourth-order valence-corrected chi connectivity index (χ4v) is 3.62. The normalized spacial score (nSPS) is 23.1. The second kappa shape index (κ2) is 12.4. The van der Waals surface area contributed by atoms with Gasteiger partial charge in [0.05, 0.1) is 5.57 Å². The number of aliphatic hydroxyl groups excluding tert-OH is 1. The third-order valence-corrected chi connectivity index (χ3v) is 5.76. The van der Waals surface area contributed by atoms with E-state index in [0.29, 0.717) is 29.9 Å². The van der Waals surface area contributed by atoms with Gasteiger partial charge in [-0.3, -0.25) is 0 Å². The van der Waals surface area contributed by atoms with Crippen molar-refractivity contribution in [1.82, 2.24) is 0 Å². The lowest BCUT2D eigenvalue weighted by molar-refractivity contribution is -0.155. The van der Waals surface area contributed by atoms with Gasteiger partial charge >= 0.3 is 11.9 Å². The van der Waals surface area contributed by atoms with Crippen molar-refractivity contribution in [3.63, 3.8) is 0 Å². The molecule has 0 fully saturated rings. The van der Waals surface area contributed by atoms with E-state index in [0.717, 1.165) is 31.3 Å². The first-order valence-corrected chi connectivity index (χ1v) is 11.3. The summed E-state index contributed by atoms with van der Waals surface area (Å²) in [6.07, 6.45) is 14.2. The molecule has 3 atom stereocenters. The standard InChI is InChI=1S/C26H36O6/c1-17(11-7-13-19(3)15-22-24(27)20(4)25(28)31-22)9-6-10-18(2)12-8-14-21-16-23(30-5)32-26(21)29/h6,9-10,13,16-17,22-23,27H,7-8,11-12,14-15H2,1-5H3/b9-6+,18-10+,19-13-/t17-,22+,23-/m1/s1. The van der Waals surface area contributed by atoms with Crippen LogP contribution >= 0.6 is 0 Å². The van der Waals surface area contributed by atoms with Crippen LogP contribution in [0.25, 0.3) is 0 Å². The summed E-state index contributed by atoms with van der Waals surface area (Å²) in [5, 5.41) is 9.94. The minimum absolute atomic E-state index is 0.0558. The number of aliphatic hydroxyl groups is 1. The van der Waals surface area contributed by atoms with Gasteiger partial charge in [-0.05, 0) is 64.9 Å². The Labute approximate surface area is 191 Å². The quantitative estimate of drug-likeness (QED) is 0.239. The molecule has 2 aliphatic rings. The van der Waals surface area contributed by atoms with Crippen molar-refractivity contribution in [2.45, 2.75) is 78.6 Å². The molecule has 0 bridgehead atoms. The lowest BCUT2D eigenvalue weighted by Gasteiger charge is -2.11. The highest BCUT2D eigenvalue weighted by Crippen LogP contribution is 2.25. The van der Waals surface area contributed by atoms with Gasteiger partial charge in [0.2, 0.25) is 6.29 Å². The van der Waals surface area contributed by atoms with Crippen molar-refractivity contribution in [1.29, 1.82) is 0 Å². The molecule has 0 aromatic heterocycles. The zero-order chi connectivity index (χ0) is 23.7. The highest BCUT2D eigenvalue weighted by molar-refractivity contribution is 5.91. The lowest BCUT2D eigenvalue weighted by atomic mass is 10.0. The Hall–Kier alpha value is -2.60. The molecule has 0 unspecified atom stereocenters. The Kier molecular flexibility index (Phi) is 9.97. The molecule has 176 valence electrons. The van der Waals surface area contributed by atoms with E-state index < -0.39 is 18.4 Å². The number of hydrogen-bond acceptors (Lipinski definition) is 6. The number of allylic oxidation sites excluding steroid dienone is 5. The van der Waals surface area contributed by atoms with Crippen molar-refractivity contribution in [2.75, 3.05) is 7.11 Å². The number of esters is 2. The third-order valence-electron chi connectivity index (χ3n) is 5.76. The number of cyclic esters (lactones) is 2. The van der Waals surface area contributed by atoms with Gasteiger partial charge in [0, 0.05) is 19.1 Å². The van der Waals surface area contributed by atoms with Crippen molar-refractivity contribution >= 4 is 11.9 Å². The summed E-state index contributed by atoms with van der Waals surface area (Å²) in [7, 11) is 1.52. The molecule has 32 heavy (non-hydrogen) atoms. The Bertz CT molecular complexity index is 842. The number of hydrogen-bond donors (Lipinski definition) is 1. The summed E-state index contributed by atoms with van der Waals surface area (Å²) >= 11 is 0. The minimum Gasteiger partial charge on any atom is -0.508 e. The Morgan fingerprint density at radius 3 is 2.59 bits per heavy atom. The molecule has 6 heteroatoms. The average molecular weight is 445 g/mol. The largest absolute Gasteiger partial charge is 0.508 e. The van der Waals surface area contributed by atoms with Crippen LogP contribution in [-0.4, -0.2) is 36.5 Å². The average Bonchev–Trinajstić information content (AvgIpc) is 3.22. The number of carbonyl (C=O) groups excluding carboxylic acids is 2. The van der Waals surface area contributed by atoms with Crippen LogP contribution in [0, 0.1) is 5.92 Å². The van der Waals surface area contributed by atoms with Crippen LogP contribution < -0.4 is 0 Å². The number of rotatable bonds is 12. The highest BCUT2D eigenvalue weighted by atomic mass is 16.7. The van der Waals surface area contributed by atoms with E-state index in [-0.39, 0.29) is 11.7 Å². The van der Waals surface area contributed by atoms with Crippen molar-refractivity contribution in [3.8, 4) is 0 Å². The van der Waals surface area contributed by atoms with E-state index in [1.807, 2.05) is 6.92 Å². The highest BCUT2D eigenvalue weighted by Gasteiger charge is 2.31. The molecule has 6 nitrogen and oxygen atoms in total. The second-order valence-corrected chi connectivity index (χ2v) is 8.67. The molecule has 2 rings (SSSR count). The van der Waals surface area contributed by atoms with E-state index in [9.17, 15) is 14.7 Å². The SMILES string of the molecule is CO[C@H]1C=C(CCC/C(C)=C/C=C/[C@@H](C)CC/C=C(/C)C[C@@H]2OC(=O)C(C)=C2O)C(=O)O1. The molecule has 0 aliphatic carbocycles. The number of ether oxygens (including phenoxy) is 3. The predicted octanol–water partition coefficient (Wildman–Crippen LogP) is 5.63. The minimum atomic E-state index is -0.541. The summed E-state index contributed by atoms with van der Waals surface area (Å²) in [6, 6.07) is 0. The maximum atomic E-state index is 11.7. The molecule has 2 heterocycles. The molecule has 0 saturated heterocycles. The zero-order valence-electron chi connectivity index (χ0n) is 19.8. The smallest absolute Gasteiger partial charge is 0.338 e. The van der Waals surface area contributed by atoms with Gasteiger partial charge < -0.3 is 19.3 Å². The molecule has 0 amide bonds. The van der Waals surface area contributed by atoms with Crippen LogP contribution in [0.2, 0.25) is 0 Å². The molecular formula is C26H36O6. The maximum absolute atomic E-state index is 11.7. The molecule has 0 aromatic carbocycles. The van der Waals surface area contributed by atoms with E-state index in [2.05, 4.69) is 38.2 Å². The van der Waals surface area contributed by atoms with E-state index >= 15 is 0 Å². The molecule has 1 N–H and O–H groups in total. The molecule has 2 aliphatic heterocycles. The van der Waals surface area contributed by atoms with E-state index in [4.69, 9.17) is 14.2 Å². The first kappa shape index (κ1) is 25.7. The van der Waals surface area contributed by atoms with Crippen molar-refractivity contribution in [3.05, 3.63) is 58.4 Å². The summed E-state index contributed by atoms with van der Waals surface area (Å²) < 4.78 is 15.3. The third kappa shape index (κ3) is 7.83. The number of carbonyl (C=O) groups is 2.